The molecule has 1 saturated heterocycles. The van der Waals surface area contributed by atoms with Gasteiger partial charge in [-0.15, -0.1) is 0 Å². The zero-order chi connectivity index (χ0) is 13.2. The Morgan fingerprint density at radius 2 is 2.06 bits per heavy atom. The normalized spacial score (nSPS) is 43.7. The van der Waals surface area contributed by atoms with Crippen LogP contribution < -0.4 is 5.73 Å². The molecular formula is C15H30N2O. The van der Waals surface area contributed by atoms with E-state index >= 15 is 0 Å². The van der Waals surface area contributed by atoms with E-state index in [1.165, 1.54) is 19.3 Å². The third kappa shape index (κ3) is 2.73. The third-order valence-corrected chi connectivity index (χ3v) is 5.15. The average Bonchev–Trinajstić information content (AvgIpc) is 2.57. The molecule has 1 aliphatic carbocycles. The first-order valence-electron chi connectivity index (χ1n) is 7.65. The molecule has 1 aliphatic heterocycles. The van der Waals surface area contributed by atoms with Crippen molar-refractivity contribution in [2.45, 2.75) is 58.1 Å². The topological polar surface area (TPSA) is 38.5 Å². The lowest BCUT2D eigenvalue weighted by molar-refractivity contribution is -0.0194. The zero-order valence-electron chi connectivity index (χ0n) is 12.3. The van der Waals surface area contributed by atoms with E-state index in [0.29, 0.717) is 12.0 Å². The predicted molar refractivity (Wildman–Crippen MR) is 75.6 cm³/mol. The van der Waals surface area contributed by atoms with Gasteiger partial charge in [-0.25, -0.2) is 0 Å². The highest BCUT2D eigenvalue weighted by atomic mass is 16.5. The number of nitrogens with zero attached hydrogens (tertiary/aromatic N) is 1. The quantitative estimate of drug-likeness (QED) is 0.821. The molecule has 0 bridgehead atoms. The maximum Gasteiger partial charge on any atom is 0.0674 e. The van der Waals surface area contributed by atoms with E-state index in [1.807, 2.05) is 0 Å². The van der Waals surface area contributed by atoms with Crippen LogP contribution in [0.15, 0.2) is 0 Å². The summed E-state index contributed by atoms with van der Waals surface area (Å²) in [5.41, 5.74) is 6.46. The van der Waals surface area contributed by atoms with Gasteiger partial charge >= 0.3 is 0 Å². The van der Waals surface area contributed by atoms with Gasteiger partial charge in [0.15, 0.2) is 0 Å². The van der Waals surface area contributed by atoms with Crippen molar-refractivity contribution in [3.8, 4) is 0 Å². The second kappa shape index (κ2) is 5.89. The fraction of sp³-hybridized carbons (Fsp3) is 1.00. The summed E-state index contributed by atoms with van der Waals surface area (Å²) in [6, 6.07) is 0. The van der Waals surface area contributed by atoms with Gasteiger partial charge in [0.1, 0.15) is 0 Å². The molecule has 3 heteroatoms. The molecule has 0 aromatic heterocycles. The Bertz CT molecular complexity index is 271. The summed E-state index contributed by atoms with van der Waals surface area (Å²) in [6.07, 6.45) is 5.44. The first kappa shape index (κ1) is 14.3. The minimum absolute atomic E-state index is 0.222. The number of hydrogen-bond acceptors (Lipinski definition) is 3. The maximum absolute atomic E-state index is 6.24. The average molecular weight is 254 g/mol. The summed E-state index contributed by atoms with van der Waals surface area (Å²) < 4.78 is 5.79. The highest BCUT2D eigenvalue weighted by Gasteiger charge is 2.44. The number of ether oxygens (including phenoxy) is 1. The van der Waals surface area contributed by atoms with Gasteiger partial charge in [-0.3, -0.25) is 4.90 Å². The van der Waals surface area contributed by atoms with E-state index < -0.39 is 0 Å². The van der Waals surface area contributed by atoms with E-state index in [2.05, 4.69) is 25.7 Å². The molecule has 2 rings (SSSR count). The van der Waals surface area contributed by atoms with Crippen molar-refractivity contribution >= 4 is 0 Å². The monoisotopic (exact) mass is 254 g/mol. The van der Waals surface area contributed by atoms with E-state index in [0.717, 1.165) is 38.6 Å². The van der Waals surface area contributed by atoms with Crippen molar-refractivity contribution < 1.29 is 4.74 Å². The second-order valence-electron chi connectivity index (χ2n) is 6.58. The summed E-state index contributed by atoms with van der Waals surface area (Å²) in [6.45, 7) is 10.9. The first-order chi connectivity index (χ1) is 8.58. The SMILES string of the molecule is CC1CCC(C)C(CN)(N2CCCOC(C)C2)C1. The van der Waals surface area contributed by atoms with Crippen LogP contribution in [0.3, 0.4) is 0 Å². The van der Waals surface area contributed by atoms with Crippen molar-refractivity contribution in [2.75, 3.05) is 26.2 Å². The fourth-order valence-corrected chi connectivity index (χ4v) is 3.96. The smallest absolute Gasteiger partial charge is 0.0674 e. The molecule has 18 heavy (non-hydrogen) atoms. The largest absolute Gasteiger partial charge is 0.377 e. The van der Waals surface area contributed by atoms with Crippen LogP contribution in [0, 0.1) is 11.8 Å². The minimum Gasteiger partial charge on any atom is -0.377 e. The molecule has 106 valence electrons. The van der Waals surface area contributed by atoms with Crippen molar-refractivity contribution in [3.05, 3.63) is 0 Å². The molecule has 4 unspecified atom stereocenters. The van der Waals surface area contributed by atoms with Gasteiger partial charge in [0.25, 0.3) is 0 Å². The van der Waals surface area contributed by atoms with Crippen molar-refractivity contribution in [1.82, 2.24) is 4.90 Å². The fourth-order valence-electron chi connectivity index (χ4n) is 3.96. The molecule has 4 atom stereocenters. The van der Waals surface area contributed by atoms with Crippen LogP contribution >= 0.6 is 0 Å². The number of nitrogens with two attached hydrogens (primary N) is 1. The van der Waals surface area contributed by atoms with E-state index in [9.17, 15) is 0 Å². The van der Waals surface area contributed by atoms with Crippen molar-refractivity contribution in [1.29, 1.82) is 0 Å². The maximum atomic E-state index is 6.24. The molecule has 1 heterocycles. The first-order valence-corrected chi connectivity index (χ1v) is 7.65. The highest BCUT2D eigenvalue weighted by molar-refractivity contribution is 5.00. The minimum atomic E-state index is 0.222. The summed E-state index contributed by atoms with van der Waals surface area (Å²) in [4.78, 5) is 2.66. The highest BCUT2D eigenvalue weighted by Crippen LogP contribution is 2.41. The molecular weight excluding hydrogens is 224 g/mol. The lowest BCUT2D eigenvalue weighted by atomic mass is 9.68. The van der Waals surface area contributed by atoms with Gasteiger partial charge in [-0.2, -0.15) is 0 Å². The van der Waals surface area contributed by atoms with E-state index in [4.69, 9.17) is 10.5 Å². The summed E-state index contributed by atoms with van der Waals surface area (Å²) in [5, 5.41) is 0. The van der Waals surface area contributed by atoms with Gasteiger partial charge in [-0.05, 0) is 38.0 Å². The Labute approximate surface area is 112 Å². The number of rotatable bonds is 2. The lowest BCUT2D eigenvalue weighted by Crippen LogP contribution is -2.61. The van der Waals surface area contributed by atoms with Crippen LogP contribution in [0.2, 0.25) is 0 Å². The second-order valence-corrected chi connectivity index (χ2v) is 6.58. The predicted octanol–water partition coefficient (Wildman–Crippen LogP) is 2.25. The van der Waals surface area contributed by atoms with Crippen LogP contribution in [0.1, 0.15) is 46.5 Å². The Kier molecular flexibility index (Phi) is 4.68. The Morgan fingerprint density at radius 1 is 1.28 bits per heavy atom. The molecule has 1 saturated carbocycles. The molecule has 2 aliphatic rings. The van der Waals surface area contributed by atoms with Gasteiger partial charge in [-0.1, -0.05) is 20.3 Å². The summed E-state index contributed by atoms with van der Waals surface area (Å²) >= 11 is 0. The van der Waals surface area contributed by atoms with Crippen LogP contribution in [0.4, 0.5) is 0 Å². The molecule has 0 aromatic rings. The molecule has 0 amide bonds. The molecule has 0 radical (unpaired) electrons. The van der Waals surface area contributed by atoms with Gasteiger partial charge < -0.3 is 10.5 Å². The summed E-state index contributed by atoms with van der Waals surface area (Å²) in [5.74, 6) is 1.52. The van der Waals surface area contributed by atoms with Crippen LogP contribution in [-0.4, -0.2) is 42.8 Å². The molecule has 0 spiro atoms. The van der Waals surface area contributed by atoms with Crippen molar-refractivity contribution in [2.24, 2.45) is 17.6 Å². The third-order valence-electron chi connectivity index (χ3n) is 5.15. The van der Waals surface area contributed by atoms with Crippen molar-refractivity contribution in [3.63, 3.8) is 0 Å². The van der Waals surface area contributed by atoms with Crippen LogP contribution in [0.25, 0.3) is 0 Å². The van der Waals surface area contributed by atoms with E-state index in [1.54, 1.807) is 0 Å². The molecule has 2 fully saturated rings. The van der Waals surface area contributed by atoms with E-state index in [-0.39, 0.29) is 5.54 Å². The Hall–Kier alpha value is -0.120. The van der Waals surface area contributed by atoms with Crippen LogP contribution in [-0.2, 0) is 4.74 Å². The molecule has 2 N–H and O–H groups in total. The molecule has 3 nitrogen and oxygen atoms in total. The van der Waals surface area contributed by atoms with Gasteiger partial charge in [0, 0.05) is 31.8 Å². The standard InChI is InChI=1S/C15H30N2O/c1-12-5-6-13(2)15(9-12,11-16)17-7-4-8-18-14(3)10-17/h12-14H,4-11,16H2,1-3H3. The van der Waals surface area contributed by atoms with Gasteiger partial charge in [0.05, 0.1) is 6.10 Å². The Morgan fingerprint density at radius 3 is 2.78 bits per heavy atom. The molecule has 0 aromatic carbocycles. The van der Waals surface area contributed by atoms with Crippen LogP contribution in [0.5, 0.6) is 0 Å². The Balaban J connectivity index is 2.18. The van der Waals surface area contributed by atoms with Gasteiger partial charge in [0.2, 0.25) is 0 Å². The zero-order valence-corrected chi connectivity index (χ0v) is 12.3. The number of hydrogen-bond donors (Lipinski definition) is 1. The summed E-state index contributed by atoms with van der Waals surface area (Å²) in [7, 11) is 0. The lowest BCUT2D eigenvalue weighted by Gasteiger charge is -2.52.